The molecule has 278 valence electrons. The van der Waals surface area contributed by atoms with Crippen LogP contribution in [0.3, 0.4) is 0 Å². The Bertz CT molecular complexity index is 2440. The number of hydrogen-bond acceptors (Lipinski definition) is 6. The van der Waals surface area contributed by atoms with Crippen LogP contribution in [0.15, 0.2) is 90.1 Å². The standard InChI is InChI=1S/C43H38F4N2O5/c1-24-18-25(2)38(26(3)19-24)41(51)35-21-34-33-20-28(39(48-54-27(4)50)32-13-7-8-14-37(32)53-23-43(46,47)42(44)45)15-16-36(33)49(22-29-10-9-17-52-29)40(34)31-12-6-5-11-30(31)35/h5-8,11-16,18-21,29,42H,9-10,17,22-23H2,1-4H3/b48-39+. The number of alkyl halides is 4. The number of benzene rings is 5. The summed E-state index contributed by atoms with van der Waals surface area (Å²) in [5.41, 5.74) is 6.33. The molecule has 1 saturated heterocycles. The lowest BCUT2D eigenvalue weighted by Gasteiger charge is -2.18. The average molecular weight is 739 g/mol. The zero-order valence-corrected chi connectivity index (χ0v) is 30.2. The van der Waals surface area contributed by atoms with Crippen LogP contribution in [0, 0.1) is 20.8 Å². The number of para-hydroxylation sites is 1. The van der Waals surface area contributed by atoms with Gasteiger partial charge in [0.25, 0.3) is 0 Å². The number of oxime groups is 1. The minimum atomic E-state index is -4.41. The molecule has 0 radical (unpaired) electrons. The number of aromatic nitrogens is 1. The summed E-state index contributed by atoms with van der Waals surface area (Å²) in [6, 6.07) is 25.2. The number of fused-ring (bicyclic) bond motifs is 5. The number of aryl methyl sites for hydroxylation is 3. The number of rotatable bonds is 11. The maximum absolute atomic E-state index is 14.6. The van der Waals surface area contributed by atoms with Crippen LogP contribution in [0.5, 0.6) is 5.75 Å². The Balaban J connectivity index is 1.47. The summed E-state index contributed by atoms with van der Waals surface area (Å²) in [7, 11) is 0. The topological polar surface area (TPSA) is 79.1 Å². The highest BCUT2D eigenvalue weighted by Crippen LogP contribution is 2.39. The Hall–Kier alpha value is -5.55. The number of nitrogens with zero attached hydrogens (tertiary/aromatic N) is 2. The molecule has 1 unspecified atom stereocenters. The Labute approximate surface area is 309 Å². The smallest absolute Gasteiger partial charge is 0.340 e. The molecule has 2 heterocycles. The van der Waals surface area contributed by atoms with Crippen LogP contribution in [0.25, 0.3) is 32.6 Å². The molecular weight excluding hydrogens is 700 g/mol. The van der Waals surface area contributed by atoms with Gasteiger partial charge in [0.05, 0.1) is 11.6 Å². The van der Waals surface area contributed by atoms with E-state index in [9.17, 15) is 27.2 Å². The van der Waals surface area contributed by atoms with Crippen LogP contribution in [-0.4, -0.2) is 53.7 Å². The molecule has 0 amide bonds. The van der Waals surface area contributed by atoms with E-state index in [0.29, 0.717) is 29.8 Å². The molecule has 1 aromatic heterocycles. The molecule has 0 aliphatic carbocycles. The van der Waals surface area contributed by atoms with Crippen molar-refractivity contribution in [2.75, 3.05) is 13.2 Å². The first kappa shape index (κ1) is 36.8. The number of ketones is 1. The third kappa shape index (κ3) is 6.96. The highest BCUT2D eigenvalue weighted by atomic mass is 19.3. The highest BCUT2D eigenvalue weighted by molar-refractivity contribution is 6.27. The van der Waals surface area contributed by atoms with E-state index in [1.165, 1.54) is 18.2 Å². The van der Waals surface area contributed by atoms with Crippen molar-refractivity contribution in [1.82, 2.24) is 4.57 Å². The molecule has 0 saturated carbocycles. The molecule has 1 aliphatic rings. The summed E-state index contributed by atoms with van der Waals surface area (Å²) >= 11 is 0. The van der Waals surface area contributed by atoms with E-state index in [4.69, 9.17) is 14.3 Å². The van der Waals surface area contributed by atoms with Gasteiger partial charge in [-0.3, -0.25) is 4.79 Å². The predicted octanol–water partition coefficient (Wildman–Crippen LogP) is 9.88. The number of carbonyl (C=O) groups is 2. The van der Waals surface area contributed by atoms with E-state index in [2.05, 4.69) is 9.72 Å². The SMILES string of the molecule is CC(=O)O/N=C(\c1ccc2c(c1)c1cc(C(=O)c3c(C)cc(C)cc3C)c3ccccc3c1n2CC1CCCO1)c1ccccc1OCC(F)(F)C(F)F. The van der Waals surface area contributed by atoms with Crippen LogP contribution in [0.4, 0.5) is 17.6 Å². The molecule has 7 rings (SSSR count). The fourth-order valence-corrected chi connectivity index (χ4v) is 7.55. The van der Waals surface area contributed by atoms with Crippen LogP contribution >= 0.6 is 0 Å². The summed E-state index contributed by atoms with van der Waals surface area (Å²) in [6.07, 6.45) is -2.13. The van der Waals surface area contributed by atoms with Gasteiger partial charge in [-0.2, -0.15) is 8.78 Å². The lowest BCUT2D eigenvalue weighted by molar-refractivity contribution is -0.148. The molecule has 0 N–H and O–H groups in total. The van der Waals surface area contributed by atoms with Gasteiger partial charge in [-0.15, -0.1) is 0 Å². The Kier molecular flexibility index (Phi) is 10.0. The van der Waals surface area contributed by atoms with Crippen LogP contribution in [-0.2, 0) is 20.9 Å². The summed E-state index contributed by atoms with van der Waals surface area (Å²) in [5.74, 6) is -5.41. The summed E-state index contributed by atoms with van der Waals surface area (Å²) in [5, 5.41) is 7.32. The van der Waals surface area contributed by atoms with Crippen molar-refractivity contribution in [3.05, 3.63) is 124 Å². The van der Waals surface area contributed by atoms with E-state index in [-0.39, 0.29) is 28.9 Å². The lowest BCUT2D eigenvalue weighted by atomic mass is 9.89. The van der Waals surface area contributed by atoms with Gasteiger partial charge in [0.1, 0.15) is 11.5 Å². The lowest BCUT2D eigenvalue weighted by Crippen LogP contribution is -2.34. The van der Waals surface area contributed by atoms with Crippen LogP contribution in [0.2, 0.25) is 0 Å². The quantitative estimate of drug-likeness (QED) is 0.0435. The van der Waals surface area contributed by atoms with Crippen molar-refractivity contribution < 1.29 is 41.5 Å². The Morgan fingerprint density at radius 3 is 2.28 bits per heavy atom. The molecular formula is C43H38F4N2O5. The van der Waals surface area contributed by atoms with Crippen LogP contribution in [0.1, 0.15) is 63.5 Å². The summed E-state index contributed by atoms with van der Waals surface area (Å²) in [6.45, 7) is 6.68. The highest BCUT2D eigenvalue weighted by Gasteiger charge is 2.42. The Morgan fingerprint density at radius 2 is 1.59 bits per heavy atom. The first-order valence-electron chi connectivity index (χ1n) is 17.7. The first-order chi connectivity index (χ1) is 25.8. The largest absolute Gasteiger partial charge is 0.486 e. The molecule has 5 aromatic carbocycles. The number of carbonyl (C=O) groups excluding carboxylic acids is 2. The van der Waals surface area contributed by atoms with Gasteiger partial charge in [0.15, 0.2) is 12.4 Å². The minimum absolute atomic E-state index is 0.0297. The van der Waals surface area contributed by atoms with E-state index in [1.807, 2.05) is 75.4 Å². The molecule has 1 fully saturated rings. The van der Waals surface area contributed by atoms with Crippen molar-refractivity contribution in [3.63, 3.8) is 0 Å². The van der Waals surface area contributed by atoms with Gasteiger partial charge in [0, 0.05) is 64.0 Å². The van der Waals surface area contributed by atoms with Gasteiger partial charge in [-0.1, -0.05) is 65.3 Å². The van der Waals surface area contributed by atoms with Gasteiger partial charge in [0.2, 0.25) is 0 Å². The molecule has 0 bridgehead atoms. The number of hydrogen-bond donors (Lipinski definition) is 0. The molecule has 54 heavy (non-hydrogen) atoms. The first-order valence-corrected chi connectivity index (χ1v) is 17.7. The zero-order valence-electron chi connectivity index (χ0n) is 30.2. The predicted molar refractivity (Wildman–Crippen MR) is 200 cm³/mol. The third-order valence-electron chi connectivity index (χ3n) is 9.84. The molecule has 11 heteroatoms. The number of ether oxygens (including phenoxy) is 2. The fraction of sp³-hybridized carbons (Fsp3) is 0.279. The third-order valence-corrected chi connectivity index (χ3v) is 9.84. The van der Waals surface area contributed by atoms with Crippen molar-refractivity contribution in [1.29, 1.82) is 0 Å². The second-order valence-corrected chi connectivity index (χ2v) is 13.8. The molecule has 1 aliphatic heterocycles. The molecule has 6 aromatic rings. The second kappa shape index (κ2) is 14.7. The molecule has 0 spiro atoms. The van der Waals surface area contributed by atoms with Gasteiger partial charge < -0.3 is 18.9 Å². The molecule has 7 nitrogen and oxygen atoms in total. The van der Waals surface area contributed by atoms with E-state index >= 15 is 0 Å². The molecule has 1 atom stereocenters. The second-order valence-electron chi connectivity index (χ2n) is 13.8. The van der Waals surface area contributed by atoms with Gasteiger partial charge in [-0.05, 0) is 80.5 Å². The van der Waals surface area contributed by atoms with Crippen molar-refractivity contribution >= 4 is 50.0 Å². The van der Waals surface area contributed by atoms with E-state index in [0.717, 1.165) is 69.0 Å². The maximum atomic E-state index is 14.6. The van der Waals surface area contributed by atoms with E-state index in [1.54, 1.807) is 12.1 Å². The van der Waals surface area contributed by atoms with Gasteiger partial charge >= 0.3 is 18.3 Å². The average Bonchev–Trinajstić information content (AvgIpc) is 3.76. The van der Waals surface area contributed by atoms with E-state index < -0.39 is 24.9 Å². The number of halogens is 4. The van der Waals surface area contributed by atoms with Crippen molar-refractivity contribution in [3.8, 4) is 5.75 Å². The maximum Gasteiger partial charge on any atom is 0.340 e. The normalized spacial score (nSPS) is 15.1. The minimum Gasteiger partial charge on any atom is -0.486 e. The monoisotopic (exact) mass is 738 g/mol. The summed E-state index contributed by atoms with van der Waals surface area (Å²) < 4.78 is 67.6. The van der Waals surface area contributed by atoms with Crippen molar-refractivity contribution in [2.45, 2.75) is 65.5 Å². The zero-order chi connectivity index (χ0) is 38.3. The van der Waals surface area contributed by atoms with Crippen molar-refractivity contribution in [2.24, 2.45) is 5.16 Å². The van der Waals surface area contributed by atoms with Gasteiger partial charge in [-0.25, -0.2) is 13.6 Å². The Morgan fingerprint density at radius 1 is 0.889 bits per heavy atom. The van der Waals surface area contributed by atoms with Crippen LogP contribution < -0.4 is 4.74 Å². The summed E-state index contributed by atoms with van der Waals surface area (Å²) in [4.78, 5) is 31.7. The fourth-order valence-electron chi connectivity index (χ4n) is 7.55.